The molecule has 0 aromatic heterocycles. The van der Waals surface area contributed by atoms with Gasteiger partial charge in [0.05, 0.1) is 16.8 Å². The first kappa shape index (κ1) is 24.2. The molecule has 160 valence electrons. The summed E-state index contributed by atoms with van der Waals surface area (Å²) in [5.41, 5.74) is 0.636. The topological polar surface area (TPSA) is 102 Å². The number of rotatable bonds is 8. The minimum atomic E-state index is -0.961. The van der Waals surface area contributed by atoms with Gasteiger partial charge in [0.2, 0.25) is 0 Å². The lowest BCUT2D eigenvalue weighted by atomic mass is 10.0. The number of esters is 1. The molecular formula is C20H19Br2NO6S. The molecule has 0 aliphatic carbocycles. The van der Waals surface area contributed by atoms with Crippen LogP contribution in [0.1, 0.15) is 34.9 Å². The van der Waals surface area contributed by atoms with Crippen LogP contribution < -0.4 is 5.32 Å². The zero-order chi connectivity index (χ0) is 22.1. The minimum absolute atomic E-state index is 0.0384. The molecular weight excluding hydrogens is 542 g/mol. The zero-order valence-corrected chi connectivity index (χ0v) is 19.7. The number of nitrogens with one attached hydrogen (secondary N) is 1. The first-order valence-corrected chi connectivity index (χ1v) is 11.0. The van der Waals surface area contributed by atoms with Crippen molar-refractivity contribution in [3.05, 3.63) is 62.5 Å². The molecule has 30 heavy (non-hydrogen) atoms. The Morgan fingerprint density at radius 3 is 2.50 bits per heavy atom. The second-order valence-corrected chi connectivity index (χ2v) is 8.15. The van der Waals surface area contributed by atoms with E-state index < -0.39 is 24.1 Å². The second-order valence-electron chi connectivity index (χ2n) is 6.06. The van der Waals surface area contributed by atoms with E-state index in [0.29, 0.717) is 26.5 Å². The zero-order valence-electron chi connectivity index (χ0n) is 15.6. The van der Waals surface area contributed by atoms with Gasteiger partial charge in [-0.15, -0.1) is 0 Å². The van der Waals surface area contributed by atoms with Crippen LogP contribution in [-0.4, -0.2) is 35.4 Å². The molecule has 2 aromatic rings. The molecule has 2 aromatic carbocycles. The van der Waals surface area contributed by atoms with Gasteiger partial charge in [-0.1, -0.05) is 34.1 Å². The number of phenolic OH excluding ortho intramolecular Hbond substituents is 1. The van der Waals surface area contributed by atoms with Gasteiger partial charge in [0.25, 0.3) is 5.91 Å². The van der Waals surface area contributed by atoms with E-state index in [1.165, 1.54) is 0 Å². The number of alkyl carbamates (subject to hydrolysis) is 1. The minimum Gasteiger partial charge on any atom is -0.506 e. The number of amides is 2. The fourth-order valence-corrected chi connectivity index (χ4v) is 3.87. The Morgan fingerprint density at radius 2 is 1.83 bits per heavy atom. The molecule has 0 aliphatic heterocycles. The van der Waals surface area contributed by atoms with E-state index in [4.69, 9.17) is 9.47 Å². The summed E-state index contributed by atoms with van der Waals surface area (Å²) in [4.78, 5) is 35.7. The van der Waals surface area contributed by atoms with Gasteiger partial charge in [0.1, 0.15) is 11.9 Å². The summed E-state index contributed by atoms with van der Waals surface area (Å²) in [6.07, 6.45) is -1.26. The summed E-state index contributed by atoms with van der Waals surface area (Å²) in [5, 5.41) is 12.6. The van der Waals surface area contributed by atoms with Crippen molar-refractivity contribution in [2.45, 2.75) is 18.9 Å². The Bertz CT molecular complexity index is 910. The van der Waals surface area contributed by atoms with E-state index in [9.17, 15) is 19.5 Å². The van der Waals surface area contributed by atoms with E-state index in [-0.39, 0.29) is 24.5 Å². The molecule has 0 saturated heterocycles. The molecule has 0 aliphatic rings. The van der Waals surface area contributed by atoms with E-state index in [2.05, 4.69) is 49.8 Å². The molecule has 2 N–H and O–H groups in total. The van der Waals surface area contributed by atoms with Gasteiger partial charge >= 0.3 is 12.1 Å². The number of thiol groups is 1. The van der Waals surface area contributed by atoms with Crippen LogP contribution in [0.25, 0.3) is 0 Å². The van der Waals surface area contributed by atoms with Crippen LogP contribution in [0.15, 0.2) is 51.4 Å². The van der Waals surface area contributed by atoms with Crippen molar-refractivity contribution in [1.29, 1.82) is 0 Å². The number of ether oxygens (including phenoxy) is 2. The molecule has 0 heterocycles. The highest BCUT2D eigenvalue weighted by atomic mass is 79.9. The third kappa shape index (κ3) is 7.33. The molecule has 0 saturated carbocycles. The predicted molar refractivity (Wildman–Crippen MR) is 121 cm³/mol. The van der Waals surface area contributed by atoms with Gasteiger partial charge < -0.3 is 14.6 Å². The molecule has 0 fully saturated rings. The van der Waals surface area contributed by atoms with Crippen LogP contribution in [0, 0.1) is 0 Å². The summed E-state index contributed by atoms with van der Waals surface area (Å²) in [7, 11) is 0. The average Bonchev–Trinajstić information content (AvgIpc) is 2.73. The number of aromatic hydroxyl groups is 1. The molecule has 10 heteroatoms. The van der Waals surface area contributed by atoms with Gasteiger partial charge in [-0.05, 0) is 53.0 Å². The lowest BCUT2D eigenvalue weighted by Crippen LogP contribution is -2.32. The highest BCUT2D eigenvalue weighted by Crippen LogP contribution is 2.38. The number of hydrogen-bond acceptors (Lipinski definition) is 7. The number of hydrogen-bond donors (Lipinski definition) is 3. The summed E-state index contributed by atoms with van der Waals surface area (Å²) >= 11 is 10.4. The second kappa shape index (κ2) is 12.0. The lowest BCUT2D eigenvalue weighted by Gasteiger charge is -2.20. The summed E-state index contributed by atoms with van der Waals surface area (Å²) in [6.45, 7) is 0.0970. The molecule has 0 bridgehead atoms. The van der Waals surface area contributed by atoms with E-state index in [1.54, 1.807) is 42.5 Å². The monoisotopic (exact) mass is 559 g/mol. The maximum Gasteiger partial charge on any atom is 0.414 e. The van der Waals surface area contributed by atoms with Crippen molar-refractivity contribution in [1.82, 2.24) is 5.32 Å². The fraction of sp³-hybridized carbons (Fsp3) is 0.250. The van der Waals surface area contributed by atoms with Gasteiger partial charge in [0.15, 0.2) is 0 Å². The molecule has 0 spiro atoms. The summed E-state index contributed by atoms with van der Waals surface area (Å²) in [6, 6.07) is 11.5. The number of halogens is 2. The maximum absolute atomic E-state index is 12.3. The Morgan fingerprint density at radius 1 is 1.13 bits per heavy atom. The first-order valence-electron chi connectivity index (χ1n) is 8.83. The van der Waals surface area contributed by atoms with E-state index in [1.807, 2.05) is 0 Å². The van der Waals surface area contributed by atoms with E-state index >= 15 is 0 Å². The van der Waals surface area contributed by atoms with Gasteiger partial charge in [-0.2, -0.15) is 12.6 Å². The maximum atomic E-state index is 12.3. The van der Waals surface area contributed by atoms with Crippen molar-refractivity contribution < 1.29 is 29.0 Å². The molecule has 0 radical (unpaired) electrons. The highest BCUT2D eigenvalue weighted by molar-refractivity contribution is 9.11. The number of carbonyl (C=O) groups excluding carboxylic acids is 3. The van der Waals surface area contributed by atoms with Crippen LogP contribution in [0.2, 0.25) is 0 Å². The van der Waals surface area contributed by atoms with Gasteiger partial charge in [-0.25, -0.2) is 4.79 Å². The Balaban J connectivity index is 2.11. The Labute approximate surface area is 195 Å². The SMILES string of the molecule is O=C(CS)OCCC[C@@H](OC(=O)NC(=O)c1ccccc1)c1cc(Br)cc(Br)c1O. The predicted octanol–water partition coefficient (Wildman–Crippen LogP) is 4.78. The quantitative estimate of drug-likeness (QED) is 0.244. The largest absolute Gasteiger partial charge is 0.506 e. The highest BCUT2D eigenvalue weighted by Gasteiger charge is 2.23. The summed E-state index contributed by atoms with van der Waals surface area (Å²) in [5.74, 6) is -1.21. The molecule has 2 amide bonds. The number of benzene rings is 2. The van der Waals surface area contributed by atoms with Gasteiger partial charge in [-0.3, -0.25) is 14.9 Å². The molecule has 2 rings (SSSR count). The fourth-order valence-electron chi connectivity index (χ4n) is 2.52. The number of imide groups is 1. The van der Waals surface area contributed by atoms with Crippen LogP contribution in [0.5, 0.6) is 5.75 Å². The molecule has 7 nitrogen and oxygen atoms in total. The van der Waals surface area contributed by atoms with Crippen molar-refractivity contribution in [2.75, 3.05) is 12.4 Å². The van der Waals surface area contributed by atoms with Gasteiger partial charge in [0, 0.05) is 15.6 Å². The van der Waals surface area contributed by atoms with Crippen molar-refractivity contribution in [3.8, 4) is 5.75 Å². The smallest absolute Gasteiger partial charge is 0.414 e. The normalized spacial score (nSPS) is 11.4. The summed E-state index contributed by atoms with van der Waals surface area (Å²) < 4.78 is 11.5. The third-order valence-corrected chi connectivity index (χ3v) is 5.23. The van der Waals surface area contributed by atoms with Crippen LogP contribution >= 0.6 is 44.5 Å². The Kier molecular flexibility index (Phi) is 9.67. The molecule has 1 atom stereocenters. The van der Waals surface area contributed by atoms with Crippen molar-refractivity contribution in [3.63, 3.8) is 0 Å². The number of carbonyl (C=O) groups is 3. The Hall–Kier alpha value is -2.04. The van der Waals surface area contributed by atoms with Crippen LogP contribution in [-0.2, 0) is 14.3 Å². The van der Waals surface area contributed by atoms with Crippen LogP contribution in [0.3, 0.4) is 0 Å². The third-order valence-electron chi connectivity index (χ3n) is 3.91. The number of phenols is 1. The van der Waals surface area contributed by atoms with E-state index in [0.717, 1.165) is 0 Å². The van der Waals surface area contributed by atoms with Crippen LogP contribution in [0.4, 0.5) is 4.79 Å². The lowest BCUT2D eigenvalue weighted by molar-refractivity contribution is -0.140. The standard InChI is InChI=1S/C20H19Br2NO6S/c21-13-9-14(18(25)15(22)10-13)16(7-4-8-28-17(24)11-30)29-20(27)23-19(26)12-5-2-1-3-6-12/h1-3,5-6,9-10,16,25,30H,4,7-8,11H2,(H,23,26,27)/t16-/m1/s1. The first-order chi connectivity index (χ1) is 14.3. The average molecular weight is 561 g/mol. The molecule has 0 unspecified atom stereocenters. The van der Waals surface area contributed by atoms with Crippen molar-refractivity contribution in [2.24, 2.45) is 0 Å². The van der Waals surface area contributed by atoms with Crippen molar-refractivity contribution >= 4 is 62.5 Å².